The highest BCUT2D eigenvalue weighted by atomic mass is 16.1. The molecule has 12 heavy (non-hydrogen) atoms. The molecule has 1 amide bonds. The van der Waals surface area contributed by atoms with Crippen molar-refractivity contribution in [3.63, 3.8) is 0 Å². The van der Waals surface area contributed by atoms with Crippen molar-refractivity contribution < 1.29 is 4.79 Å². The molecule has 0 saturated carbocycles. The third-order valence-corrected chi connectivity index (χ3v) is 1.75. The molecule has 3 heteroatoms. The van der Waals surface area contributed by atoms with Crippen LogP contribution in [0, 0.1) is 11.3 Å². The Morgan fingerprint density at radius 3 is 3.00 bits per heavy atom. The Kier molecular flexibility index (Phi) is 1.28. The van der Waals surface area contributed by atoms with Gasteiger partial charge in [0.2, 0.25) is 0 Å². The lowest BCUT2D eigenvalue weighted by atomic mass is 10.0. The standard InChI is InChI=1S/C9H4N2O/c10-4-6-2-1-3-7-5-11-9(12)8(6)7/h1-3,5H. The molecular weight excluding hydrogens is 152 g/mol. The molecule has 0 atom stereocenters. The van der Waals surface area contributed by atoms with Crippen LogP contribution in [0.5, 0.6) is 0 Å². The Bertz CT molecular complexity index is 427. The first-order valence-electron chi connectivity index (χ1n) is 3.44. The molecule has 0 aromatic heterocycles. The maximum Gasteiger partial charge on any atom is 0.278 e. The minimum atomic E-state index is -0.317. The zero-order valence-corrected chi connectivity index (χ0v) is 6.11. The molecule has 0 radical (unpaired) electrons. The molecule has 1 aliphatic heterocycles. The van der Waals surface area contributed by atoms with Crippen molar-refractivity contribution in [1.82, 2.24) is 0 Å². The number of nitriles is 1. The largest absolute Gasteiger partial charge is 0.278 e. The van der Waals surface area contributed by atoms with Gasteiger partial charge in [-0.05, 0) is 6.07 Å². The lowest BCUT2D eigenvalue weighted by Gasteiger charge is -1.95. The first-order chi connectivity index (χ1) is 5.83. The zero-order chi connectivity index (χ0) is 8.55. The second-order valence-corrected chi connectivity index (χ2v) is 2.44. The van der Waals surface area contributed by atoms with Gasteiger partial charge in [0.15, 0.2) is 0 Å². The van der Waals surface area contributed by atoms with Crippen LogP contribution in [0.2, 0.25) is 0 Å². The topological polar surface area (TPSA) is 53.2 Å². The van der Waals surface area contributed by atoms with Gasteiger partial charge in [-0.25, -0.2) is 4.99 Å². The van der Waals surface area contributed by atoms with Crippen LogP contribution >= 0.6 is 0 Å². The number of carbonyl (C=O) groups excluding carboxylic acids is 1. The summed E-state index contributed by atoms with van der Waals surface area (Å²) in [6, 6.07) is 7.08. The van der Waals surface area contributed by atoms with Gasteiger partial charge in [0.1, 0.15) is 0 Å². The van der Waals surface area contributed by atoms with Crippen molar-refractivity contribution in [2.24, 2.45) is 4.99 Å². The number of benzene rings is 1. The minimum Gasteiger partial charge on any atom is -0.267 e. The van der Waals surface area contributed by atoms with Gasteiger partial charge in [0.05, 0.1) is 17.2 Å². The van der Waals surface area contributed by atoms with E-state index in [0.717, 1.165) is 5.56 Å². The van der Waals surface area contributed by atoms with Crippen LogP contribution in [-0.2, 0) is 0 Å². The number of carbonyl (C=O) groups is 1. The predicted molar refractivity (Wildman–Crippen MR) is 43.1 cm³/mol. The number of nitrogens with zero attached hydrogens (tertiary/aromatic N) is 2. The summed E-state index contributed by atoms with van der Waals surface area (Å²) in [6.45, 7) is 0. The molecular formula is C9H4N2O. The molecule has 1 aliphatic rings. The van der Waals surface area contributed by atoms with E-state index in [1.54, 1.807) is 18.2 Å². The van der Waals surface area contributed by atoms with Crippen LogP contribution < -0.4 is 0 Å². The van der Waals surface area contributed by atoms with Gasteiger partial charge in [0, 0.05) is 11.8 Å². The fraction of sp³-hybridized carbons (Fsp3) is 0. The van der Waals surface area contributed by atoms with E-state index in [9.17, 15) is 4.79 Å². The molecule has 1 aromatic rings. The van der Waals surface area contributed by atoms with Crippen LogP contribution in [0.1, 0.15) is 21.5 Å². The van der Waals surface area contributed by atoms with Crippen LogP contribution in [0.25, 0.3) is 0 Å². The molecule has 0 spiro atoms. The Balaban J connectivity index is 2.76. The van der Waals surface area contributed by atoms with E-state index in [1.165, 1.54) is 6.21 Å². The van der Waals surface area contributed by atoms with Crippen LogP contribution in [0.3, 0.4) is 0 Å². The van der Waals surface area contributed by atoms with E-state index in [4.69, 9.17) is 5.26 Å². The van der Waals surface area contributed by atoms with Crippen molar-refractivity contribution in [2.75, 3.05) is 0 Å². The monoisotopic (exact) mass is 156 g/mol. The number of fused-ring (bicyclic) bond motifs is 1. The molecule has 0 unspecified atom stereocenters. The van der Waals surface area contributed by atoms with Gasteiger partial charge >= 0.3 is 0 Å². The van der Waals surface area contributed by atoms with Gasteiger partial charge in [-0.3, -0.25) is 4.79 Å². The Morgan fingerprint density at radius 1 is 1.42 bits per heavy atom. The average molecular weight is 156 g/mol. The summed E-state index contributed by atoms with van der Waals surface area (Å²) in [4.78, 5) is 14.7. The summed E-state index contributed by atoms with van der Waals surface area (Å²) in [5.74, 6) is -0.317. The number of amides is 1. The molecule has 2 rings (SSSR count). The van der Waals surface area contributed by atoms with Crippen molar-refractivity contribution in [2.45, 2.75) is 0 Å². The quantitative estimate of drug-likeness (QED) is 0.565. The van der Waals surface area contributed by atoms with Gasteiger partial charge in [-0.1, -0.05) is 12.1 Å². The fourth-order valence-corrected chi connectivity index (χ4v) is 1.20. The van der Waals surface area contributed by atoms with Crippen molar-refractivity contribution in [1.29, 1.82) is 5.26 Å². The normalized spacial score (nSPS) is 12.8. The van der Waals surface area contributed by atoms with Crippen LogP contribution in [0.4, 0.5) is 0 Å². The molecule has 0 aliphatic carbocycles. The molecule has 3 nitrogen and oxygen atoms in total. The Hall–Kier alpha value is -1.95. The van der Waals surface area contributed by atoms with Gasteiger partial charge in [-0.15, -0.1) is 0 Å². The van der Waals surface area contributed by atoms with Crippen LogP contribution in [-0.4, -0.2) is 12.1 Å². The lowest BCUT2D eigenvalue weighted by molar-refractivity contribution is 0.101. The number of hydrogen-bond acceptors (Lipinski definition) is 2. The van der Waals surface area contributed by atoms with E-state index >= 15 is 0 Å². The summed E-state index contributed by atoms with van der Waals surface area (Å²) >= 11 is 0. The molecule has 0 N–H and O–H groups in total. The van der Waals surface area contributed by atoms with Crippen molar-refractivity contribution in [3.05, 3.63) is 34.9 Å². The van der Waals surface area contributed by atoms with Gasteiger partial charge < -0.3 is 0 Å². The summed E-state index contributed by atoms with van der Waals surface area (Å²) in [7, 11) is 0. The van der Waals surface area contributed by atoms with E-state index in [-0.39, 0.29) is 5.91 Å². The highest BCUT2D eigenvalue weighted by Crippen LogP contribution is 2.18. The van der Waals surface area contributed by atoms with Crippen molar-refractivity contribution in [3.8, 4) is 6.07 Å². The van der Waals surface area contributed by atoms with Gasteiger partial charge in [0.25, 0.3) is 5.91 Å². The number of aliphatic imine (C=N–C) groups is 1. The predicted octanol–water partition coefficient (Wildman–Crippen LogP) is 1.13. The second kappa shape index (κ2) is 2.28. The number of hydrogen-bond donors (Lipinski definition) is 0. The molecule has 0 saturated heterocycles. The fourth-order valence-electron chi connectivity index (χ4n) is 1.20. The minimum absolute atomic E-state index is 0.317. The van der Waals surface area contributed by atoms with E-state index in [0.29, 0.717) is 11.1 Å². The first-order valence-corrected chi connectivity index (χ1v) is 3.44. The molecule has 56 valence electrons. The molecule has 0 bridgehead atoms. The summed E-state index contributed by atoms with van der Waals surface area (Å²) in [5, 5.41) is 8.66. The maximum absolute atomic E-state index is 11.1. The Morgan fingerprint density at radius 2 is 2.25 bits per heavy atom. The SMILES string of the molecule is N#Cc1cccc2c1C(=O)N=C2. The lowest BCUT2D eigenvalue weighted by Crippen LogP contribution is -1.95. The summed E-state index contributed by atoms with van der Waals surface area (Å²) < 4.78 is 0. The summed E-state index contributed by atoms with van der Waals surface area (Å²) in [6.07, 6.45) is 1.48. The van der Waals surface area contributed by atoms with E-state index in [2.05, 4.69) is 4.99 Å². The smallest absolute Gasteiger partial charge is 0.267 e. The van der Waals surface area contributed by atoms with E-state index in [1.807, 2.05) is 6.07 Å². The highest BCUT2D eigenvalue weighted by Gasteiger charge is 2.18. The molecule has 1 heterocycles. The third-order valence-electron chi connectivity index (χ3n) is 1.75. The zero-order valence-electron chi connectivity index (χ0n) is 6.11. The van der Waals surface area contributed by atoms with Crippen molar-refractivity contribution >= 4 is 12.1 Å². The van der Waals surface area contributed by atoms with Gasteiger partial charge in [-0.2, -0.15) is 5.26 Å². The third kappa shape index (κ3) is 0.753. The highest BCUT2D eigenvalue weighted by molar-refractivity contribution is 6.14. The summed E-state index contributed by atoms with van der Waals surface area (Å²) in [5.41, 5.74) is 1.56. The molecule has 0 fully saturated rings. The average Bonchev–Trinajstić information content (AvgIpc) is 2.48. The van der Waals surface area contributed by atoms with Crippen LogP contribution in [0.15, 0.2) is 23.2 Å². The molecule has 1 aromatic carbocycles. The maximum atomic E-state index is 11.1. The second-order valence-electron chi connectivity index (χ2n) is 2.44. The number of rotatable bonds is 0. The van der Waals surface area contributed by atoms with E-state index < -0.39 is 0 Å². The first kappa shape index (κ1) is 6.74. The Labute approximate surface area is 69.0 Å².